The van der Waals surface area contributed by atoms with E-state index in [9.17, 15) is 9.90 Å². The topological polar surface area (TPSA) is 73.6 Å². The van der Waals surface area contributed by atoms with Crippen molar-refractivity contribution < 1.29 is 14.6 Å². The van der Waals surface area contributed by atoms with Gasteiger partial charge in [0.05, 0.1) is 25.4 Å². The van der Waals surface area contributed by atoms with Crippen LogP contribution in [0.3, 0.4) is 0 Å². The molecular weight excluding hydrogens is 308 g/mol. The normalized spacial score (nSPS) is 12.1. The summed E-state index contributed by atoms with van der Waals surface area (Å²) >= 11 is 0. The maximum Gasteiger partial charge on any atom is 0.207 e. The molecule has 1 aromatic heterocycles. The molecule has 0 amide bonds. The van der Waals surface area contributed by atoms with E-state index in [1.54, 1.807) is 54.3 Å². The highest BCUT2D eigenvalue weighted by molar-refractivity contribution is 5.77. The number of hydrogen-bond acceptors (Lipinski definition) is 5. The largest absolute Gasteiger partial charge is 0.497 e. The van der Waals surface area contributed by atoms with E-state index in [1.165, 1.54) is 6.20 Å². The van der Waals surface area contributed by atoms with Crippen molar-refractivity contribution in [3.8, 4) is 11.5 Å². The lowest BCUT2D eigenvalue weighted by Gasteiger charge is -2.15. The molecule has 0 radical (unpaired) electrons. The first kappa shape index (κ1) is 16.0. The minimum absolute atomic E-state index is 0.120. The fourth-order valence-electron chi connectivity index (χ4n) is 2.42. The van der Waals surface area contributed by atoms with Crippen LogP contribution < -0.4 is 14.9 Å². The Bertz CT molecular complexity index is 874. The number of fused-ring (bicyclic) bond motifs is 1. The quantitative estimate of drug-likeness (QED) is 0.748. The van der Waals surface area contributed by atoms with Gasteiger partial charge in [0.1, 0.15) is 24.2 Å². The molecule has 0 aliphatic heterocycles. The number of ether oxygens (including phenoxy) is 2. The highest BCUT2D eigenvalue weighted by Crippen LogP contribution is 2.17. The molecule has 0 aliphatic carbocycles. The Hall–Kier alpha value is -2.86. The molecule has 2 aromatic carbocycles. The highest BCUT2D eigenvalue weighted by Gasteiger charge is 2.10. The Balaban J connectivity index is 1.67. The van der Waals surface area contributed by atoms with Gasteiger partial charge in [0, 0.05) is 5.39 Å². The molecule has 1 heterocycles. The fourth-order valence-corrected chi connectivity index (χ4v) is 2.42. The van der Waals surface area contributed by atoms with Gasteiger partial charge in [-0.05, 0) is 36.4 Å². The van der Waals surface area contributed by atoms with E-state index < -0.39 is 6.10 Å². The van der Waals surface area contributed by atoms with Crippen molar-refractivity contribution in [2.75, 3.05) is 13.7 Å². The molecule has 0 saturated carbocycles. The fraction of sp³-hybridized carbons (Fsp3) is 0.222. The van der Waals surface area contributed by atoms with E-state index in [1.807, 2.05) is 6.07 Å². The van der Waals surface area contributed by atoms with Crippen molar-refractivity contribution in [1.29, 1.82) is 0 Å². The first-order chi connectivity index (χ1) is 11.7. The summed E-state index contributed by atoms with van der Waals surface area (Å²) < 4.78 is 12.3. The molecule has 124 valence electrons. The van der Waals surface area contributed by atoms with E-state index in [0.29, 0.717) is 16.7 Å². The van der Waals surface area contributed by atoms with Crippen LogP contribution >= 0.6 is 0 Å². The summed E-state index contributed by atoms with van der Waals surface area (Å²) in [6.07, 6.45) is 0.504. The van der Waals surface area contributed by atoms with Crippen molar-refractivity contribution in [3.05, 3.63) is 65.0 Å². The van der Waals surface area contributed by atoms with E-state index in [2.05, 4.69) is 5.10 Å². The molecule has 0 unspecified atom stereocenters. The average Bonchev–Trinajstić information content (AvgIpc) is 2.63. The standard InChI is InChI=1S/C18H18N2O4/c1-23-14-6-8-15(9-7-14)24-12-13(21)11-20-17-5-3-2-4-16(17)18(22)10-19-20/h2-10,13,21H,11-12H2,1H3/t13-/m1/s1. The van der Waals surface area contributed by atoms with Crippen LogP contribution in [0.5, 0.6) is 11.5 Å². The SMILES string of the molecule is COc1ccc(OC[C@H](O)Cn2ncc(=O)c3ccccc32)cc1. The van der Waals surface area contributed by atoms with E-state index in [4.69, 9.17) is 9.47 Å². The average molecular weight is 326 g/mol. The maximum atomic E-state index is 11.8. The molecule has 0 saturated heterocycles. The summed E-state index contributed by atoms with van der Waals surface area (Å²) in [6.45, 7) is 0.353. The Morgan fingerprint density at radius 3 is 2.58 bits per heavy atom. The molecule has 1 N–H and O–H groups in total. The number of methoxy groups -OCH3 is 1. The van der Waals surface area contributed by atoms with E-state index in [0.717, 1.165) is 5.75 Å². The van der Waals surface area contributed by atoms with Crippen molar-refractivity contribution in [3.63, 3.8) is 0 Å². The molecular formula is C18H18N2O4. The summed E-state index contributed by atoms with van der Waals surface area (Å²) in [6, 6.07) is 14.3. The summed E-state index contributed by atoms with van der Waals surface area (Å²) in [4.78, 5) is 11.8. The van der Waals surface area contributed by atoms with Crippen molar-refractivity contribution in [1.82, 2.24) is 9.78 Å². The van der Waals surface area contributed by atoms with Crippen LogP contribution in [-0.2, 0) is 6.54 Å². The first-order valence-electron chi connectivity index (χ1n) is 7.57. The minimum atomic E-state index is -0.759. The highest BCUT2D eigenvalue weighted by atomic mass is 16.5. The third-order valence-electron chi connectivity index (χ3n) is 3.65. The third kappa shape index (κ3) is 3.55. The lowest BCUT2D eigenvalue weighted by Crippen LogP contribution is -2.26. The summed E-state index contributed by atoms with van der Waals surface area (Å²) in [5.41, 5.74) is 0.555. The molecule has 6 nitrogen and oxygen atoms in total. The lowest BCUT2D eigenvalue weighted by molar-refractivity contribution is 0.0901. The van der Waals surface area contributed by atoms with Crippen LogP contribution in [0.4, 0.5) is 0 Å². The van der Waals surface area contributed by atoms with E-state index >= 15 is 0 Å². The van der Waals surface area contributed by atoms with Crippen LogP contribution in [0.2, 0.25) is 0 Å². The molecule has 3 aromatic rings. The van der Waals surface area contributed by atoms with Crippen LogP contribution in [-0.4, -0.2) is 34.7 Å². The third-order valence-corrected chi connectivity index (χ3v) is 3.65. The van der Waals surface area contributed by atoms with Crippen molar-refractivity contribution in [2.45, 2.75) is 12.6 Å². The van der Waals surface area contributed by atoms with Crippen molar-refractivity contribution >= 4 is 10.9 Å². The number of aliphatic hydroxyl groups excluding tert-OH is 1. The zero-order valence-corrected chi connectivity index (χ0v) is 13.3. The molecule has 0 spiro atoms. The van der Waals surface area contributed by atoms with Gasteiger partial charge in [-0.25, -0.2) is 0 Å². The Labute approximate surface area is 138 Å². The second kappa shape index (κ2) is 7.14. The van der Waals surface area contributed by atoms with Gasteiger partial charge in [-0.2, -0.15) is 5.10 Å². The van der Waals surface area contributed by atoms with Gasteiger partial charge in [-0.15, -0.1) is 0 Å². The number of hydrogen-bond donors (Lipinski definition) is 1. The number of aromatic nitrogens is 2. The van der Waals surface area contributed by atoms with Crippen LogP contribution in [0.25, 0.3) is 10.9 Å². The maximum absolute atomic E-state index is 11.8. The number of benzene rings is 2. The predicted octanol–water partition coefficient (Wildman–Crippen LogP) is 1.84. The zero-order valence-electron chi connectivity index (χ0n) is 13.3. The minimum Gasteiger partial charge on any atom is -0.497 e. The van der Waals surface area contributed by atoms with Crippen LogP contribution in [0.15, 0.2) is 59.5 Å². The van der Waals surface area contributed by atoms with Gasteiger partial charge in [0.2, 0.25) is 5.43 Å². The Kier molecular flexibility index (Phi) is 4.77. The summed E-state index contributed by atoms with van der Waals surface area (Å²) in [7, 11) is 1.60. The molecule has 3 rings (SSSR count). The molecule has 0 fully saturated rings. The number of rotatable bonds is 6. The molecule has 1 atom stereocenters. The smallest absolute Gasteiger partial charge is 0.207 e. The number of nitrogens with zero attached hydrogens (tertiary/aromatic N) is 2. The van der Waals surface area contributed by atoms with Gasteiger partial charge >= 0.3 is 0 Å². The first-order valence-corrected chi connectivity index (χ1v) is 7.57. The number of para-hydroxylation sites is 1. The van der Waals surface area contributed by atoms with Crippen LogP contribution in [0.1, 0.15) is 0 Å². The van der Waals surface area contributed by atoms with Gasteiger partial charge < -0.3 is 14.6 Å². The second-order valence-electron chi connectivity index (χ2n) is 5.35. The molecule has 0 aliphatic rings. The summed E-state index contributed by atoms with van der Waals surface area (Å²) in [5.74, 6) is 1.39. The van der Waals surface area contributed by atoms with Gasteiger partial charge in [-0.3, -0.25) is 9.48 Å². The van der Waals surface area contributed by atoms with Gasteiger partial charge in [-0.1, -0.05) is 12.1 Å². The predicted molar refractivity (Wildman–Crippen MR) is 90.5 cm³/mol. The molecule has 0 bridgehead atoms. The molecule has 24 heavy (non-hydrogen) atoms. The van der Waals surface area contributed by atoms with Gasteiger partial charge in [0.15, 0.2) is 0 Å². The second-order valence-corrected chi connectivity index (χ2v) is 5.35. The molecule has 6 heteroatoms. The van der Waals surface area contributed by atoms with E-state index in [-0.39, 0.29) is 18.6 Å². The van der Waals surface area contributed by atoms with Crippen LogP contribution in [0, 0.1) is 0 Å². The van der Waals surface area contributed by atoms with Crippen molar-refractivity contribution in [2.24, 2.45) is 0 Å². The Morgan fingerprint density at radius 2 is 1.83 bits per heavy atom. The summed E-state index contributed by atoms with van der Waals surface area (Å²) in [5, 5.41) is 14.9. The lowest BCUT2D eigenvalue weighted by atomic mass is 10.2. The number of aliphatic hydroxyl groups is 1. The monoisotopic (exact) mass is 326 g/mol. The van der Waals surface area contributed by atoms with Gasteiger partial charge in [0.25, 0.3) is 0 Å². The zero-order chi connectivity index (χ0) is 16.9. The Morgan fingerprint density at radius 1 is 1.12 bits per heavy atom.